The number of amides is 1. The Morgan fingerprint density at radius 1 is 0.828 bits per heavy atom. The summed E-state index contributed by atoms with van der Waals surface area (Å²) < 4.78 is 27.1. The number of piperidine rings is 2. The monoisotopic (exact) mass is 389 g/mol. The third-order valence-corrected chi connectivity index (χ3v) is 6.39. The predicted molar refractivity (Wildman–Crippen MR) is 108 cm³/mol. The minimum atomic E-state index is -0.332. The summed E-state index contributed by atoms with van der Waals surface area (Å²) in [6.45, 7) is 1.46. The van der Waals surface area contributed by atoms with Crippen molar-refractivity contribution in [2.24, 2.45) is 11.8 Å². The van der Waals surface area contributed by atoms with Crippen LogP contribution in [0.4, 0.5) is 8.78 Å². The van der Waals surface area contributed by atoms with E-state index >= 15 is 0 Å². The number of nitrogens with zero attached hydrogens (tertiary/aromatic N) is 1. The van der Waals surface area contributed by atoms with Crippen molar-refractivity contribution in [3.8, 4) is 11.1 Å². The molecule has 2 heterocycles. The fourth-order valence-electron chi connectivity index (χ4n) is 4.95. The molecule has 1 aliphatic carbocycles. The molecular weight excluding hydrogens is 368 g/mol. The smallest absolute Gasteiger partial charge is 0.253 e. The van der Waals surface area contributed by atoms with Crippen LogP contribution in [-0.4, -0.2) is 23.9 Å². The van der Waals surface area contributed by atoms with E-state index in [9.17, 15) is 13.6 Å². The SMILES string of the molecule is O=C(c1ccc(F)cc1)N1C[C@H]2C[C@@H](C1)C2c1ccc(-c2ccccc2F)cc1. The Labute approximate surface area is 168 Å². The van der Waals surface area contributed by atoms with Gasteiger partial charge in [-0.15, -0.1) is 0 Å². The number of hydrogen-bond donors (Lipinski definition) is 0. The van der Waals surface area contributed by atoms with Gasteiger partial charge < -0.3 is 4.90 Å². The van der Waals surface area contributed by atoms with Crippen molar-refractivity contribution in [3.63, 3.8) is 0 Å². The van der Waals surface area contributed by atoms with E-state index in [1.807, 2.05) is 23.1 Å². The van der Waals surface area contributed by atoms with Crippen molar-refractivity contribution in [3.05, 3.63) is 95.6 Å². The number of rotatable bonds is 3. The van der Waals surface area contributed by atoms with Crippen LogP contribution in [0.25, 0.3) is 11.1 Å². The van der Waals surface area contributed by atoms with Gasteiger partial charge in [0.25, 0.3) is 5.91 Å². The molecule has 29 heavy (non-hydrogen) atoms. The first-order valence-electron chi connectivity index (χ1n) is 10.00. The summed E-state index contributed by atoms with van der Waals surface area (Å²) >= 11 is 0. The lowest BCUT2D eigenvalue weighted by Crippen LogP contribution is -2.55. The van der Waals surface area contributed by atoms with E-state index in [4.69, 9.17) is 0 Å². The Kier molecular flexibility index (Phi) is 4.42. The van der Waals surface area contributed by atoms with Crippen molar-refractivity contribution >= 4 is 5.91 Å². The van der Waals surface area contributed by atoms with Gasteiger partial charge >= 0.3 is 0 Å². The van der Waals surface area contributed by atoms with Crippen molar-refractivity contribution < 1.29 is 13.6 Å². The van der Waals surface area contributed by atoms with Crippen LogP contribution >= 0.6 is 0 Å². The van der Waals surface area contributed by atoms with E-state index in [-0.39, 0.29) is 17.5 Å². The molecule has 1 amide bonds. The lowest BCUT2D eigenvalue weighted by atomic mass is 9.59. The Morgan fingerprint density at radius 3 is 2.14 bits per heavy atom. The molecule has 0 radical (unpaired) electrons. The molecule has 3 atom stereocenters. The number of halogens is 2. The van der Waals surface area contributed by atoms with Crippen LogP contribution < -0.4 is 0 Å². The number of carbonyl (C=O) groups excluding carboxylic acids is 1. The summed E-state index contributed by atoms with van der Waals surface area (Å²) in [6.07, 6.45) is 1.13. The molecule has 146 valence electrons. The lowest BCUT2D eigenvalue weighted by Gasteiger charge is -2.54. The zero-order chi connectivity index (χ0) is 20.0. The van der Waals surface area contributed by atoms with E-state index in [1.54, 1.807) is 24.3 Å². The summed E-state index contributed by atoms with van der Waals surface area (Å²) in [7, 11) is 0. The Hall–Kier alpha value is -3.01. The fourth-order valence-corrected chi connectivity index (χ4v) is 4.95. The highest BCUT2D eigenvalue weighted by Crippen LogP contribution is 2.52. The van der Waals surface area contributed by atoms with E-state index in [1.165, 1.54) is 23.8 Å². The number of hydrogen-bond acceptors (Lipinski definition) is 1. The molecule has 1 saturated carbocycles. The van der Waals surface area contributed by atoms with Gasteiger partial charge in [0.2, 0.25) is 0 Å². The summed E-state index contributed by atoms with van der Waals surface area (Å²) in [6, 6.07) is 20.8. The second kappa shape index (κ2) is 7.11. The first-order chi connectivity index (χ1) is 14.1. The fraction of sp³-hybridized carbons (Fsp3) is 0.240. The molecule has 0 aromatic heterocycles. The zero-order valence-corrected chi connectivity index (χ0v) is 15.9. The third-order valence-electron chi connectivity index (χ3n) is 6.39. The summed E-state index contributed by atoms with van der Waals surface area (Å²) in [5.41, 5.74) is 3.30. The van der Waals surface area contributed by atoms with Crippen molar-refractivity contribution in [2.75, 3.05) is 13.1 Å². The molecule has 3 fully saturated rings. The summed E-state index contributed by atoms with van der Waals surface area (Å²) in [5.74, 6) is 0.766. The second-order valence-electron chi connectivity index (χ2n) is 8.10. The van der Waals surface area contributed by atoms with Gasteiger partial charge in [-0.1, -0.05) is 42.5 Å². The molecule has 6 rings (SSSR count). The Bertz CT molecular complexity index is 1030. The van der Waals surface area contributed by atoms with E-state index in [0.29, 0.717) is 28.9 Å². The zero-order valence-electron chi connectivity index (χ0n) is 15.9. The molecule has 2 bridgehead atoms. The van der Waals surface area contributed by atoms with Crippen LogP contribution in [0.5, 0.6) is 0 Å². The van der Waals surface area contributed by atoms with Crippen LogP contribution in [-0.2, 0) is 0 Å². The van der Waals surface area contributed by atoms with Gasteiger partial charge in [0.05, 0.1) is 0 Å². The van der Waals surface area contributed by atoms with Gasteiger partial charge in [-0.05, 0) is 65.6 Å². The lowest BCUT2D eigenvalue weighted by molar-refractivity contribution is 0.00316. The topological polar surface area (TPSA) is 20.3 Å². The van der Waals surface area contributed by atoms with Crippen LogP contribution in [0.1, 0.15) is 28.3 Å². The van der Waals surface area contributed by atoms with Crippen molar-refractivity contribution in [1.29, 1.82) is 0 Å². The van der Waals surface area contributed by atoms with E-state index < -0.39 is 0 Å². The molecule has 0 spiro atoms. The Balaban J connectivity index is 1.29. The second-order valence-corrected chi connectivity index (χ2v) is 8.10. The maximum absolute atomic E-state index is 14.0. The van der Waals surface area contributed by atoms with Gasteiger partial charge in [0, 0.05) is 24.2 Å². The minimum absolute atomic E-state index is 0.0203. The molecule has 2 aliphatic heterocycles. The molecular formula is C25H21F2NO. The average Bonchev–Trinajstić information content (AvgIpc) is 2.75. The maximum atomic E-state index is 14.0. The van der Waals surface area contributed by atoms with Crippen LogP contribution in [0.2, 0.25) is 0 Å². The van der Waals surface area contributed by atoms with Gasteiger partial charge in [-0.3, -0.25) is 4.79 Å². The molecule has 3 aromatic rings. The highest BCUT2D eigenvalue weighted by atomic mass is 19.1. The molecule has 4 heteroatoms. The largest absolute Gasteiger partial charge is 0.338 e. The molecule has 2 nitrogen and oxygen atoms in total. The normalized spacial score (nSPS) is 22.8. The van der Waals surface area contributed by atoms with Crippen LogP contribution in [0.3, 0.4) is 0 Å². The Morgan fingerprint density at radius 2 is 1.48 bits per heavy atom. The van der Waals surface area contributed by atoms with Gasteiger partial charge in [-0.25, -0.2) is 8.78 Å². The first kappa shape index (κ1) is 18.0. The number of benzene rings is 3. The van der Waals surface area contributed by atoms with Crippen LogP contribution in [0, 0.1) is 23.5 Å². The molecule has 0 N–H and O–H groups in total. The summed E-state index contributed by atoms with van der Waals surface area (Å²) in [5, 5.41) is 0. The van der Waals surface area contributed by atoms with E-state index in [0.717, 1.165) is 25.1 Å². The highest BCUT2D eigenvalue weighted by molar-refractivity contribution is 5.94. The predicted octanol–water partition coefficient (Wildman–Crippen LogP) is 5.51. The summed E-state index contributed by atoms with van der Waals surface area (Å²) in [4.78, 5) is 14.6. The van der Waals surface area contributed by atoms with Crippen molar-refractivity contribution in [1.82, 2.24) is 4.90 Å². The maximum Gasteiger partial charge on any atom is 0.253 e. The highest BCUT2D eigenvalue weighted by Gasteiger charge is 2.48. The van der Waals surface area contributed by atoms with Crippen LogP contribution in [0.15, 0.2) is 72.8 Å². The van der Waals surface area contributed by atoms with Gasteiger partial charge in [0.1, 0.15) is 11.6 Å². The van der Waals surface area contributed by atoms with Gasteiger partial charge in [-0.2, -0.15) is 0 Å². The standard InChI is InChI=1S/C25H21F2NO/c26-21-11-9-18(10-12-21)25(29)28-14-19-13-20(15-28)24(19)17-7-5-16(6-8-17)22-3-1-2-4-23(22)27/h1-12,19-20,24H,13-15H2/t19-,20+,24?. The quantitative estimate of drug-likeness (QED) is 0.579. The van der Waals surface area contributed by atoms with E-state index in [2.05, 4.69) is 12.1 Å². The van der Waals surface area contributed by atoms with Gasteiger partial charge in [0.15, 0.2) is 0 Å². The third kappa shape index (κ3) is 3.23. The molecule has 2 saturated heterocycles. The number of carbonyl (C=O) groups is 1. The molecule has 1 unspecified atom stereocenters. The first-order valence-corrected chi connectivity index (χ1v) is 10.00. The minimum Gasteiger partial charge on any atom is -0.338 e. The molecule has 3 aromatic carbocycles. The average molecular weight is 389 g/mol. The number of fused-ring (bicyclic) bond motifs is 2. The molecule has 3 aliphatic rings. The van der Waals surface area contributed by atoms with Crippen molar-refractivity contribution in [2.45, 2.75) is 12.3 Å².